The summed E-state index contributed by atoms with van der Waals surface area (Å²) in [6, 6.07) is 2.88. The fourth-order valence-corrected chi connectivity index (χ4v) is 4.45. The van der Waals surface area contributed by atoms with E-state index in [0.29, 0.717) is 6.42 Å². The molecule has 0 N–H and O–H groups in total. The zero-order valence-electron chi connectivity index (χ0n) is 9.68. The van der Waals surface area contributed by atoms with Crippen LogP contribution in [-0.4, -0.2) is 31.3 Å². The molecule has 8 heteroatoms. The summed E-state index contributed by atoms with van der Waals surface area (Å²) < 4.78 is 25.7. The molecule has 5 nitrogen and oxygen atoms in total. The lowest BCUT2D eigenvalue weighted by molar-refractivity contribution is -0.309. The number of halogens is 2. The molecule has 1 aromatic carbocycles. The molecule has 19 heavy (non-hydrogen) atoms. The third-order valence-corrected chi connectivity index (χ3v) is 5.58. The Hall–Kier alpha value is -0.820. The Morgan fingerprint density at radius 1 is 1.37 bits per heavy atom. The molecule has 1 saturated heterocycles. The van der Waals surface area contributed by atoms with Crippen molar-refractivity contribution in [2.24, 2.45) is 0 Å². The van der Waals surface area contributed by atoms with Crippen molar-refractivity contribution in [3.63, 3.8) is 0 Å². The van der Waals surface area contributed by atoms with Crippen molar-refractivity contribution >= 4 is 39.2 Å². The van der Waals surface area contributed by atoms with E-state index in [4.69, 9.17) is 23.2 Å². The van der Waals surface area contributed by atoms with E-state index in [-0.39, 0.29) is 27.9 Å². The summed E-state index contributed by atoms with van der Waals surface area (Å²) in [6.45, 7) is 0.129. The molecule has 1 aromatic rings. The molecule has 104 valence electrons. The van der Waals surface area contributed by atoms with Gasteiger partial charge in [0.25, 0.3) is 0 Å². The van der Waals surface area contributed by atoms with Crippen LogP contribution < -0.4 is 5.11 Å². The van der Waals surface area contributed by atoms with Gasteiger partial charge in [0.2, 0.25) is 10.0 Å². The summed E-state index contributed by atoms with van der Waals surface area (Å²) >= 11 is 11.6. The van der Waals surface area contributed by atoms with Gasteiger partial charge < -0.3 is 9.90 Å². The highest BCUT2D eigenvalue weighted by Crippen LogP contribution is 2.31. The number of carboxylic acids is 1. The molecule has 1 aliphatic rings. The van der Waals surface area contributed by atoms with Gasteiger partial charge in [-0.3, -0.25) is 0 Å². The number of nitrogens with zero attached hydrogens (tertiary/aromatic N) is 1. The van der Waals surface area contributed by atoms with Gasteiger partial charge in [0.15, 0.2) is 0 Å². The largest absolute Gasteiger partial charge is 0.548 e. The number of hydrogen-bond acceptors (Lipinski definition) is 4. The van der Waals surface area contributed by atoms with Crippen LogP contribution in [-0.2, 0) is 14.8 Å². The van der Waals surface area contributed by atoms with Crippen LogP contribution in [0.15, 0.2) is 23.1 Å². The molecule has 0 radical (unpaired) electrons. The number of rotatable bonds is 3. The van der Waals surface area contributed by atoms with Crippen LogP contribution in [0.1, 0.15) is 12.8 Å². The average molecular weight is 323 g/mol. The van der Waals surface area contributed by atoms with Gasteiger partial charge in [0.05, 0.1) is 17.0 Å². The number of aliphatic carboxylic acids is 1. The lowest BCUT2D eigenvalue weighted by Crippen LogP contribution is -2.46. The highest BCUT2D eigenvalue weighted by atomic mass is 35.5. The van der Waals surface area contributed by atoms with E-state index < -0.39 is 22.0 Å². The zero-order chi connectivity index (χ0) is 14.2. The highest BCUT2D eigenvalue weighted by molar-refractivity contribution is 7.89. The minimum atomic E-state index is -3.99. The van der Waals surface area contributed by atoms with Crippen LogP contribution in [0.3, 0.4) is 0 Å². The Balaban J connectivity index is 2.48. The normalized spacial score (nSPS) is 20.6. The van der Waals surface area contributed by atoms with E-state index in [1.54, 1.807) is 0 Å². The van der Waals surface area contributed by atoms with Crippen molar-refractivity contribution in [1.82, 2.24) is 4.31 Å². The summed E-state index contributed by atoms with van der Waals surface area (Å²) in [5, 5.41) is 11.2. The monoisotopic (exact) mass is 322 g/mol. The zero-order valence-corrected chi connectivity index (χ0v) is 12.0. The van der Waals surface area contributed by atoms with Gasteiger partial charge in [-0.2, -0.15) is 4.31 Å². The minimum absolute atomic E-state index is 0.00778. The van der Waals surface area contributed by atoms with Crippen molar-refractivity contribution in [3.05, 3.63) is 28.2 Å². The van der Waals surface area contributed by atoms with E-state index in [1.807, 2.05) is 0 Å². The first-order valence-corrected chi connectivity index (χ1v) is 7.71. The maximum Gasteiger partial charge on any atom is 0.245 e. The second kappa shape index (κ2) is 5.28. The predicted molar refractivity (Wildman–Crippen MR) is 68.4 cm³/mol. The van der Waals surface area contributed by atoms with E-state index in [2.05, 4.69) is 0 Å². The first-order chi connectivity index (χ1) is 8.84. The molecule has 0 saturated carbocycles. The molecule has 1 fully saturated rings. The van der Waals surface area contributed by atoms with Crippen LogP contribution in [0.4, 0.5) is 0 Å². The number of carbonyl (C=O) groups is 1. The fourth-order valence-electron chi connectivity index (χ4n) is 2.06. The van der Waals surface area contributed by atoms with E-state index in [1.165, 1.54) is 18.2 Å². The van der Waals surface area contributed by atoms with Gasteiger partial charge in [0.1, 0.15) is 4.90 Å². The second-order valence-electron chi connectivity index (χ2n) is 4.17. The fraction of sp³-hybridized carbons (Fsp3) is 0.364. The Morgan fingerprint density at radius 3 is 2.68 bits per heavy atom. The van der Waals surface area contributed by atoms with Gasteiger partial charge in [-0.25, -0.2) is 8.42 Å². The molecule has 0 bridgehead atoms. The Bertz CT molecular complexity index is 617. The molecule has 0 aliphatic carbocycles. The van der Waals surface area contributed by atoms with Crippen molar-refractivity contribution in [1.29, 1.82) is 0 Å². The summed E-state index contributed by atoms with van der Waals surface area (Å²) in [6.07, 6.45) is 0.704. The molecule has 1 aliphatic heterocycles. The van der Waals surface area contributed by atoms with Crippen LogP contribution in [0, 0.1) is 0 Å². The lowest BCUT2D eigenvalue weighted by atomic mass is 10.2. The Morgan fingerprint density at radius 2 is 2.05 bits per heavy atom. The predicted octanol–water partition coefficient (Wildman–Crippen LogP) is 0.896. The third kappa shape index (κ3) is 2.72. The van der Waals surface area contributed by atoms with Crippen molar-refractivity contribution < 1.29 is 18.3 Å². The summed E-state index contributed by atoms with van der Waals surface area (Å²) in [5.74, 6) is -1.40. The van der Waals surface area contributed by atoms with Gasteiger partial charge >= 0.3 is 0 Å². The van der Waals surface area contributed by atoms with Crippen molar-refractivity contribution in [2.45, 2.75) is 23.8 Å². The molecule has 1 heterocycles. The number of carboxylic acid groups (broad SMARTS) is 1. The van der Waals surface area contributed by atoms with Gasteiger partial charge in [-0.15, -0.1) is 0 Å². The molecule has 0 unspecified atom stereocenters. The molecular formula is C11H10Cl2NO4S-. The van der Waals surface area contributed by atoms with Crippen LogP contribution in [0.2, 0.25) is 10.0 Å². The van der Waals surface area contributed by atoms with Crippen LogP contribution in [0.5, 0.6) is 0 Å². The average Bonchev–Trinajstić information content (AvgIpc) is 2.82. The maximum absolute atomic E-state index is 12.4. The van der Waals surface area contributed by atoms with Gasteiger partial charge in [0, 0.05) is 11.6 Å². The van der Waals surface area contributed by atoms with Crippen molar-refractivity contribution in [2.75, 3.05) is 6.54 Å². The molecule has 2 rings (SSSR count). The topological polar surface area (TPSA) is 77.5 Å². The summed E-state index contributed by atoms with van der Waals surface area (Å²) in [7, 11) is -3.99. The minimum Gasteiger partial charge on any atom is -0.548 e. The third-order valence-electron chi connectivity index (χ3n) is 2.96. The van der Waals surface area contributed by atoms with E-state index >= 15 is 0 Å². The smallest absolute Gasteiger partial charge is 0.245 e. The lowest BCUT2D eigenvalue weighted by Gasteiger charge is -2.25. The number of benzene rings is 1. The SMILES string of the molecule is O=C([O-])[C@H]1CCCN1S(=O)(=O)c1cc(Cl)ccc1Cl. The standard InChI is InChI=1S/C11H11Cl2NO4S/c12-7-3-4-8(13)10(6-7)19(17,18)14-5-1-2-9(14)11(15)16/h3-4,6,9H,1-2,5H2,(H,15,16)/p-1/t9-/m1/s1. The summed E-state index contributed by atoms with van der Waals surface area (Å²) in [4.78, 5) is 10.8. The molecule has 0 amide bonds. The molecule has 1 atom stereocenters. The van der Waals surface area contributed by atoms with Crippen LogP contribution >= 0.6 is 23.2 Å². The highest BCUT2D eigenvalue weighted by Gasteiger charge is 2.37. The molecule has 0 spiro atoms. The molecular weight excluding hydrogens is 313 g/mol. The Kier molecular flexibility index (Phi) is 4.06. The van der Waals surface area contributed by atoms with E-state index in [9.17, 15) is 18.3 Å². The molecule has 0 aromatic heterocycles. The Labute approximate surface area is 120 Å². The van der Waals surface area contributed by atoms with Gasteiger partial charge in [-0.05, 0) is 31.0 Å². The maximum atomic E-state index is 12.4. The quantitative estimate of drug-likeness (QED) is 0.828. The number of carbonyl (C=O) groups excluding carboxylic acids is 1. The number of hydrogen-bond donors (Lipinski definition) is 0. The van der Waals surface area contributed by atoms with E-state index in [0.717, 1.165) is 4.31 Å². The summed E-state index contributed by atoms with van der Waals surface area (Å²) in [5.41, 5.74) is 0. The first-order valence-electron chi connectivity index (χ1n) is 5.52. The number of sulfonamides is 1. The van der Waals surface area contributed by atoms with Crippen molar-refractivity contribution in [3.8, 4) is 0 Å². The van der Waals surface area contributed by atoms with Crippen LogP contribution in [0.25, 0.3) is 0 Å². The van der Waals surface area contributed by atoms with Gasteiger partial charge in [-0.1, -0.05) is 23.2 Å². The first kappa shape index (κ1) is 14.6. The second-order valence-corrected chi connectivity index (χ2v) is 6.87.